The van der Waals surface area contributed by atoms with Gasteiger partial charge in [0.25, 0.3) is 0 Å². The largest absolute Gasteiger partial charge is 0.394 e. The molecule has 2 heterocycles. The zero-order chi connectivity index (χ0) is 34.3. The maximum absolute atomic E-state index is 14.2. The van der Waals surface area contributed by atoms with Crippen LogP contribution in [0.4, 0.5) is 16.2 Å². The number of aliphatic hydroxyl groups excluding tert-OH is 2. The highest BCUT2D eigenvalue weighted by atomic mass is 16.5. The summed E-state index contributed by atoms with van der Waals surface area (Å²) in [5, 5.41) is 28.0. The Balaban J connectivity index is 1.32. The van der Waals surface area contributed by atoms with Gasteiger partial charge in [0.2, 0.25) is 11.8 Å². The molecule has 0 aromatic heterocycles. The Hall–Kier alpha value is -4.29. The topological polar surface area (TPSA) is 143 Å². The average molecular weight is 658 g/mol. The van der Waals surface area contributed by atoms with Crippen molar-refractivity contribution in [2.45, 2.75) is 63.8 Å². The summed E-state index contributed by atoms with van der Waals surface area (Å²) in [6.07, 6.45) is -0.374. The number of nitrogens with zero attached hydrogens (tertiary/aromatic N) is 2. The number of fused-ring (bicyclic) bond motifs is 1. The van der Waals surface area contributed by atoms with Crippen LogP contribution < -0.4 is 20.9 Å². The van der Waals surface area contributed by atoms with Crippen LogP contribution in [-0.4, -0.2) is 90.1 Å². The molecule has 1 fully saturated rings. The number of nitrogens with one attached hydrogen (secondary N) is 3. The Morgan fingerprint density at radius 2 is 1.69 bits per heavy atom. The second kappa shape index (κ2) is 15.7. The first-order valence-electron chi connectivity index (χ1n) is 16.6. The minimum atomic E-state index is -0.922. The summed E-state index contributed by atoms with van der Waals surface area (Å²) in [4.78, 5) is 43.8. The number of amides is 4. The Bertz CT molecular complexity index is 1570. The third kappa shape index (κ3) is 8.78. The van der Waals surface area contributed by atoms with Crippen molar-refractivity contribution in [3.63, 3.8) is 0 Å². The third-order valence-corrected chi connectivity index (χ3v) is 8.95. The van der Waals surface area contributed by atoms with E-state index < -0.39 is 17.7 Å². The van der Waals surface area contributed by atoms with Crippen LogP contribution in [0.5, 0.6) is 0 Å². The Morgan fingerprint density at radius 3 is 2.42 bits per heavy atom. The Labute approximate surface area is 282 Å². The van der Waals surface area contributed by atoms with Gasteiger partial charge < -0.3 is 40.7 Å². The van der Waals surface area contributed by atoms with Gasteiger partial charge in [-0.2, -0.15) is 0 Å². The maximum Gasteiger partial charge on any atom is 0.322 e. The highest BCUT2D eigenvalue weighted by molar-refractivity contribution is 6.01. The second-order valence-electron chi connectivity index (χ2n) is 13.3. The Kier molecular flexibility index (Phi) is 11.5. The van der Waals surface area contributed by atoms with Crippen molar-refractivity contribution in [3.8, 4) is 11.1 Å². The van der Waals surface area contributed by atoms with E-state index in [0.717, 1.165) is 27.9 Å². The zero-order valence-corrected chi connectivity index (χ0v) is 27.9. The van der Waals surface area contributed by atoms with Gasteiger partial charge in [0, 0.05) is 42.8 Å². The van der Waals surface area contributed by atoms with Gasteiger partial charge in [0.1, 0.15) is 6.04 Å². The highest BCUT2D eigenvalue weighted by Gasteiger charge is 2.35. The summed E-state index contributed by atoms with van der Waals surface area (Å²) in [6, 6.07) is 22.7. The van der Waals surface area contributed by atoms with Crippen molar-refractivity contribution in [1.29, 1.82) is 0 Å². The van der Waals surface area contributed by atoms with Gasteiger partial charge in [-0.15, -0.1) is 0 Å². The molecule has 3 atom stereocenters. The lowest BCUT2D eigenvalue weighted by Crippen LogP contribution is -2.51. The minimum absolute atomic E-state index is 0.0258. The fourth-order valence-corrected chi connectivity index (χ4v) is 6.27. The fourth-order valence-electron chi connectivity index (χ4n) is 6.27. The van der Waals surface area contributed by atoms with Crippen LogP contribution in [0.1, 0.15) is 50.7 Å². The summed E-state index contributed by atoms with van der Waals surface area (Å²) < 4.78 is 5.37. The molecule has 48 heavy (non-hydrogen) atoms. The number of carbonyl (C=O) groups is 3. The number of hydrogen-bond donors (Lipinski definition) is 5. The number of urea groups is 1. The van der Waals surface area contributed by atoms with Crippen molar-refractivity contribution in [2.75, 3.05) is 49.7 Å². The second-order valence-corrected chi connectivity index (χ2v) is 13.3. The lowest BCUT2D eigenvalue weighted by atomic mass is 9.93. The normalized spacial score (nSPS) is 18.9. The molecule has 0 aliphatic carbocycles. The number of hydrogen-bond acceptors (Lipinski definition) is 7. The molecular weight excluding hydrogens is 610 g/mol. The van der Waals surface area contributed by atoms with Gasteiger partial charge in [-0.25, -0.2) is 4.79 Å². The molecule has 256 valence electrons. The van der Waals surface area contributed by atoms with Crippen LogP contribution in [0.3, 0.4) is 0 Å². The predicted octanol–water partition coefficient (Wildman–Crippen LogP) is 3.85. The van der Waals surface area contributed by atoms with Crippen molar-refractivity contribution >= 4 is 29.2 Å². The first kappa shape index (κ1) is 35.0. The summed E-state index contributed by atoms with van der Waals surface area (Å²) in [5.74, 6) is -0.425. The number of ether oxygens (including phenoxy) is 1. The van der Waals surface area contributed by atoms with Gasteiger partial charge in [0.15, 0.2) is 0 Å². The molecule has 3 aromatic rings. The van der Waals surface area contributed by atoms with Gasteiger partial charge in [0.05, 0.1) is 38.2 Å². The summed E-state index contributed by atoms with van der Waals surface area (Å²) in [5.41, 5.74) is 4.67. The first-order chi connectivity index (χ1) is 23.0. The van der Waals surface area contributed by atoms with Crippen LogP contribution in [0.2, 0.25) is 0 Å². The van der Waals surface area contributed by atoms with Crippen LogP contribution in [-0.2, 0) is 20.9 Å². The monoisotopic (exact) mass is 657 g/mol. The quantitative estimate of drug-likeness (QED) is 0.211. The van der Waals surface area contributed by atoms with E-state index in [1.54, 1.807) is 9.80 Å². The van der Waals surface area contributed by atoms with Gasteiger partial charge in [-0.05, 0) is 55.0 Å². The number of β-amino-alcohol motifs (C(OH)–C–C–N with tert-alkyl or cyclic N) is 1. The van der Waals surface area contributed by atoms with Crippen LogP contribution in [0.25, 0.3) is 11.1 Å². The molecule has 0 saturated carbocycles. The Morgan fingerprint density at radius 1 is 1.00 bits per heavy atom. The molecule has 0 bridgehead atoms. The van der Waals surface area contributed by atoms with Crippen molar-refractivity contribution < 1.29 is 29.3 Å². The average Bonchev–Trinajstić information content (AvgIpc) is 3.18. The van der Waals surface area contributed by atoms with Crippen molar-refractivity contribution in [2.24, 2.45) is 0 Å². The fraction of sp³-hybridized carbons (Fsp3) is 0.432. The number of anilines is 2. The maximum atomic E-state index is 14.2. The van der Waals surface area contributed by atoms with Gasteiger partial charge in [-0.1, -0.05) is 67.6 Å². The van der Waals surface area contributed by atoms with Gasteiger partial charge in [-0.3, -0.25) is 9.59 Å². The van der Waals surface area contributed by atoms with E-state index in [1.807, 2.05) is 86.6 Å². The number of rotatable bonds is 11. The van der Waals surface area contributed by atoms with E-state index in [0.29, 0.717) is 45.0 Å². The molecule has 11 nitrogen and oxygen atoms in total. The number of morpholine rings is 1. The highest BCUT2D eigenvalue weighted by Crippen LogP contribution is 2.36. The van der Waals surface area contributed by atoms with Crippen LogP contribution in [0, 0.1) is 0 Å². The summed E-state index contributed by atoms with van der Waals surface area (Å²) in [7, 11) is 0. The molecule has 4 amide bonds. The van der Waals surface area contributed by atoms with Crippen molar-refractivity contribution in [3.05, 3.63) is 83.9 Å². The predicted molar refractivity (Wildman–Crippen MR) is 186 cm³/mol. The van der Waals surface area contributed by atoms with E-state index in [-0.39, 0.29) is 43.3 Å². The number of aliphatic hydroxyl groups is 2. The van der Waals surface area contributed by atoms with Crippen molar-refractivity contribution in [1.82, 2.24) is 15.5 Å². The summed E-state index contributed by atoms with van der Waals surface area (Å²) in [6.45, 7) is 8.01. The lowest BCUT2D eigenvalue weighted by Gasteiger charge is -2.29. The molecule has 2 unspecified atom stereocenters. The van der Waals surface area contributed by atoms with E-state index in [4.69, 9.17) is 9.84 Å². The molecule has 5 N–H and O–H groups in total. The number of carbonyl (C=O) groups excluding carboxylic acids is 3. The smallest absolute Gasteiger partial charge is 0.322 e. The standard InChI is InChI=1S/C37H47N5O6/c1-25-20-32(39-34(45)21-37(2,3)38-22-28(44)24-43)35(46)42(33-11-7-5-8-29(25)33)23-26-12-14-27(15-13-26)30-9-4-6-10-31(30)40-36(47)41-16-18-48-19-17-41/h4-15,25,28,32,38,43-44H,16-24H2,1-3H3,(H,39,45)(H,40,47)/t25?,28-,32?/m0/s1. The summed E-state index contributed by atoms with van der Waals surface area (Å²) >= 11 is 0. The van der Waals surface area contributed by atoms with Crippen LogP contribution >= 0.6 is 0 Å². The van der Waals surface area contributed by atoms with E-state index >= 15 is 0 Å². The lowest BCUT2D eigenvalue weighted by molar-refractivity contribution is -0.128. The molecule has 11 heteroatoms. The van der Waals surface area contributed by atoms with E-state index in [9.17, 15) is 19.5 Å². The molecule has 3 aromatic carbocycles. The third-order valence-electron chi connectivity index (χ3n) is 8.95. The molecule has 5 rings (SSSR count). The van der Waals surface area contributed by atoms with E-state index in [1.165, 1.54) is 0 Å². The molecule has 2 aliphatic rings. The SMILES string of the molecule is CC1CC(NC(=O)CC(C)(C)NC[C@H](O)CO)C(=O)N(Cc2ccc(-c3ccccc3NC(=O)N3CCOCC3)cc2)c2ccccc21. The van der Waals surface area contributed by atoms with Gasteiger partial charge >= 0.3 is 6.03 Å². The molecular formula is C37H47N5O6. The first-order valence-corrected chi connectivity index (χ1v) is 16.6. The zero-order valence-electron chi connectivity index (χ0n) is 27.9. The number of para-hydroxylation sites is 2. The number of benzene rings is 3. The van der Waals surface area contributed by atoms with Crippen LogP contribution in [0.15, 0.2) is 72.8 Å². The molecule has 0 radical (unpaired) electrons. The minimum Gasteiger partial charge on any atom is -0.394 e. The molecule has 2 aliphatic heterocycles. The van der Waals surface area contributed by atoms with E-state index in [2.05, 4.69) is 22.9 Å². The molecule has 0 spiro atoms. The molecule has 1 saturated heterocycles.